The lowest BCUT2D eigenvalue weighted by Gasteiger charge is -2.32. The molecular formula is C27H33N3O4S. The van der Waals surface area contributed by atoms with E-state index < -0.39 is 28.5 Å². The first kappa shape index (κ1) is 26.2. The fraction of sp³-hybridized carbons (Fsp3) is 0.333. The van der Waals surface area contributed by atoms with Crippen molar-refractivity contribution < 1.29 is 18.0 Å². The number of nitrogens with zero attached hydrogens (tertiary/aromatic N) is 2. The van der Waals surface area contributed by atoms with Crippen LogP contribution in [-0.4, -0.2) is 50.5 Å². The van der Waals surface area contributed by atoms with Crippen molar-refractivity contribution in [1.29, 1.82) is 0 Å². The van der Waals surface area contributed by atoms with Gasteiger partial charge in [-0.15, -0.1) is 0 Å². The molecule has 0 unspecified atom stereocenters. The molecule has 0 bridgehead atoms. The standard InChI is InChI=1S/C27H33N3O4S/c1-20(2)17-28-27(32)21(3)29(18-22-11-6-5-7-12-22)26(31)19-30(35(4,33)34)25-16-10-14-23-13-8-9-15-24(23)25/h5-16,20-21H,17-19H2,1-4H3,(H,28,32)/t21-/m0/s1. The average molecular weight is 496 g/mol. The summed E-state index contributed by atoms with van der Waals surface area (Å²) in [5, 5.41) is 4.47. The normalized spacial score (nSPS) is 12.4. The number of fused-ring (bicyclic) bond motifs is 1. The van der Waals surface area contributed by atoms with E-state index in [-0.39, 0.29) is 18.4 Å². The number of sulfonamides is 1. The van der Waals surface area contributed by atoms with Crippen LogP contribution < -0.4 is 9.62 Å². The molecule has 35 heavy (non-hydrogen) atoms. The van der Waals surface area contributed by atoms with Gasteiger partial charge in [-0.1, -0.05) is 80.6 Å². The average Bonchev–Trinajstić information content (AvgIpc) is 2.83. The lowest BCUT2D eigenvalue weighted by Crippen LogP contribution is -2.51. The summed E-state index contributed by atoms with van der Waals surface area (Å²) in [5.41, 5.74) is 1.27. The number of amides is 2. The molecule has 1 atom stereocenters. The third-order valence-electron chi connectivity index (χ3n) is 5.76. The van der Waals surface area contributed by atoms with Gasteiger partial charge in [0.25, 0.3) is 0 Å². The number of nitrogens with one attached hydrogen (secondary N) is 1. The van der Waals surface area contributed by atoms with Crippen molar-refractivity contribution in [3.63, 3.8) is 0 Å². The third-order valence-corrected chi connectivity index (χ3v) is 6.89. The molecule has 3 aromatic carbocycles. The molecule has 186 valence electrons. The number of benzene rings is 3. The minimum Gasteiger partial charge on any atom is -0.354 e. The van der Waals surface area contributed by atoms with Gasteiger partial charge in [0.2, 0.25) is 21.8 Å². The minimum atomic E-state index is -3.79. The summed E-state index contributed by atoms with van der Waals surface area (Å²) < 4.78 is 26.8. The highest BCUT2D eigenvalue weighted by atomic mass is 32.2. The first-order valence-electron chi connectivity index (χ1n) is 11.6. The quantitative estimate of drug-likeness (QED) is 0.464. The maximum atomic E-state index is 13.6. The Bertz CT molecular complexity index is 1270. The smallest absolute Gasteiger partial charge is 0.244 e. The maximum Gasteiger partial charge on any atom is 0.244 e. The Labute approximate surface area is 207 Å². The van der Waals surface area contributed by atoms with Crippen LogP contribution in [0.3, 0.4) is 0 Å². The van der Waals surface area contributed by atoms with Crippen LogP contribution in [0.15, 0.2) is 72.8 Å². The van der Waals surface area contributed by atoms with Gasteiger partial charge in [-0.05, 0) is 29.9 Å². The Morgan fingerprint density at radius 2 is 1.51 bits per heavy atom. The molecule has 8 heteroatoms. The summed E-state index contributed by atoms with van der Waals surface area (Å²) in [5.74, 6) is -0.477. The maximum absolute atomic E-state index is 13.6. The summed E-state index contributed by atoms with van der Waals surface area (Å²) in [6.45, 7) is 5.91. The second-order valence-electron chi connectivity index (χ2n) is 9.09. The van der Waals surface area contributed by atoms with Crippen molar-refractivity contribution in [1.82, 2.24) is 10.2 Å². The van der Waals surface area contributed by atoms with Crippen LogP contribution in [0.2, 0.25) is 0 Å². The number of carbonyl (C=O) groups is 2. The number of hydrogen-bond donors (Lipinski definition) is 1. The predicted octanol–water partition coefficient (Wildman–Crippen LogP) is 3.80. The first-order valence-corrected chi connectivity index (χ1v) is 13.5. The van der Waals surface area contributed by atoms with Crippen molar-refractivity contribution >= 4 is 38.3 Å². The van der Waals surface area contributed by atoms with Gasteiger partial charge in [0.15, 0.2) is 0 Å². The summed E-state index contributed by atoms with van der Waals surface area (Å²) in [4.78, 5) is 28.0. The van der Waals surface area contributed by atoms with E-state index in [1.165, 1.54) is 4.90 Å². The van der Waals surface area contributed by atoms with E-state index in [2.05, 4.69) is 5.32 Å². The van der Waals surface area contributed by atoms with Crippen LogP contribution in [0, 0.1) is 5.92 Å². The van der Waals surface area contributed by atoms with E-state index >= 15 is 0 Å². The third kappa shape index (κ3) is 6.82. The summed E-state index contributed by atoms with van der Waals surface area (Å²) >= 11 is 0. The number of rotatable bonds is 10. The van der Waals surface area contributed by atoms with Gasteiger partial charge in [0.05, 0.1) is 11.9 Å². The molecule has 2 amide bonds. The van der Waals surface area contributed by atoms with Gasteiger partial charge in [-0.2, -0.15) is 0 Å². The summed E-state index contributed by atoms with van der Waals surface area (Å²) in [6, 6.07) is 21.3. The van der Waals surface area contributed by atoms with Gasteiger partial charge in [0.1, 0.15) is 12.6 Å². The van der Waals surface area contributed by atoms with E-state index in [4.69, 9.17) is 0 Å². The summed E-state index contributed by atoms with van der Waals surface area (Å²) in [7, 11) is -3.79. The molecule has 0 aliphatic rings. The van der Waals surface area contributed by atoms with Crippen LogP contribution in [0.1, 0.15) is 26.3 Å². The van der Waals surface area contributed by atoms with Gasteiger partial charge in [-0.25, -0.2) is 8.42 Å². The summed E-state index contributed by atoms with van der Waals surface area (Å²) in [6.07, 6.45) is 1.09. The van der Waals surface area contributed by atoms with E-state index in [0.717, 1.165) is 26.9 Å². The Morgan fingerprint density at radius 1 is 0.886 bits per heavy atom. The molecule has 7 nitrogen and oxygen atoms in total. The zero-order valence-corrected chi connectivity index (χ0v) is 21.5. The molecule has 0 aliphatic heterocycles. The molecule has 0 aliphatic carbocycles. The fourth-order valence-electron chi connectivity index (χ4n) is 3.84. The van der Waals surface area contributed by atoms with E-state index in [1.807, 2.05) is 74.5 Å². The molecule has 0 radical (unpaired) electrons. The van der Waals surface area contributed by atoms with Crippen LogP contribution in [0.4, 0.5) is 5.69 Å². The Hall–Kier alpha value is -3.39. The van der Waals surface area contributed by atoms with Gasteiger partial charge >= 0.3 is 0 Å². The molecule has 0 fully saturated rings. The lowest BCUT2D eigenvalue weighted by atomic mass is 10.1. The van der Waals surface area contributed by atoms with Crippen LogP contribution in [-0.2, 0) is 26.2 Å². The molecule has 3 rings (SSSR count). The van der Waals surface area contributed by atoms with Crippen molar-refractivity contribution in [2.45, 2.75) is 33.4 Å². The first-order chi connectivity index (χ1) is 16.6. The molecule has 0 spiro atoms. The molecular weight excluding hydrogens is 462 g/mol. The molecule has 3 aromatic rings. The van der Waals surface area contributed by atoms with Crippen molar-refractivity contribution in [3.05, 3.63) is 78.4 Å². The minimum absolute atomic E-state index is 0.184. The molecule has 1 N–H and O–H groups in total. The highest BCUT2D eigenvalue weighted by molar-refractivity contribution is 7.92. The van der Waals surface area contributed by atoms with Gasteiger partial charge < -0.3 is 10.2 Å². The zero-order valence-electron chi connectivity index (χ0n) is 20.6. The molecule has 0 aromatic heterocycles. The zero-order chi connectivity index (χ0) is 25.6. The van der Waals surface area contributed by atoms with Crippen molar-refractivity contribution in [2.24, 2.45) is 5.92 Å². The second-order valence-corrected chi connectivity index (χ2v) is 11.0. The van der Waals surface area contributed by atoms with Crippen molar-refractivity contribution in [2.75, 3.05) is 23.7 Å². The highest BCUT2D eigenvalue weighted by Crippen LogP contribution is 2.28. The molecule has 0 heterocycles. The van der Waals surface area contributed by atoms with E-state index in [1.54, 1.807) is 19.1 Å². The number of carbonyl (C=O) groups excluding carboxylic acids is 2. The Morgan fingerprint density at radius 3 is 2.17 bits per heavy atom. The molecule has 0 saturated heterocycles. The van der Waals surface area contributed by atoms with Gasteiger partial charge in [0, 0.05) is 18.5 Å². The highest BCUT2D eigenvalue weighted by Gasteiger charge is 2.30. The predicted molar refractivity (Wildman–Crippen MR) is 140 cm³/mol. The van der Waals surface area contributed by atoms with Gasteiger partial charge in [-0.3, -0.25) is 13.9 Å². The monoisotopic (exact) mass is 495 g/mol. The second kappa shape index (κ2) is 11.4. The SMILES string of the molecule is CC(C)CNC(=O)[C@H](C)N(Cc1ccccc1)C(=O)CN(c1cccc2ccccc12)S(C)(=O)=O. The van der Waals surface area contributed by atoms with Crippen LogP contribution in [0.25, 0.3) is 10.8 Å². The van der Waals surface area contributed by atoms with Crippen LogP contribution in [0.5, 0.6) is 0 Å². The van der Waals surface area contributed by atoms with Crippen molar-refractivity contribution in [3.8, 4) is 0 Å². The largest absolute Gasteiger partial charge is 0.354 e. The molecule has 0 saturated carbocycles. The van der Waals surface area contributed by atoms with E-state index in [0.29, 0.717) is 12.2 Å². The Balaban J connectivity index is 1.95. The van der Waals surface area contributed by atoms with Crippen LogP contribution >= 0.6 is 0 Å². The number of hydrogen-bond acceptors (Lipinski definition) is 4. The number of anilines is 1. The van der Waals surface area contributed by atoms with E-state index in [9.17, 15) is 18.0 Å². The topological polar surface area (TPSA) is 86.8 Å². The lowest BCUT2D eigenvalue weighted by molar-refractivity contribution is -0.139. The fourth-order valence-corrected chi connectivity index (χ4v) is 4.70. The Kier molecular flexibility index (Phi) is 8.51.